The average Bonchev–Trinajstić information content (AvgIpc) is 3.28. The lowest BCUT2D eigenvalue weighted by atomic mass is 10.0. The van der Waals surface area contributed by atoms with E-state index in [1.807, 2.05) is 24.3 Å². The average molecular weight is 441 g/mol. The molecule has 28 heavy (non-hydrogen) atoms. The van der Waals surface area contributed by atoms with E-state index in [-0.39, 0.29) is 16.0 Å². The number of halogens is 1. The van der Waals surface area contributed by atoms with Crippen molar-refractivity contribution in [3.63, 3.8) is 0 Å². The number of H-pyrrole nitrogens is 1. The first-order valence-electron chi connectivity index (χ1n) is 8.21. The van der Waals surface area contributed by atoms with Crippen LogP contribution in [-0.4, -0.2) is 30.8 Å². The lowest BCUT2D eigenvalue weighted by molar-refractivity contribution is -0.390. The zero-order valence-corrected chi connectivity index (χ0v) is 15.9. The monoisotopic (exact) mass is 440 g/mol. The molecular weight excluding hydrogens is 428 g/mol. The van der Waals surface area contributed by atoms with Gasteiger partial charge in [-0.3, -0.25) is 9.48 Å². The molecule has 2 aromatic carbocycles. The number of fused-ring (bicyclic) bond motifs is 1. The molecule has 9 nitrogen and oxygen atoms in total. The highest BCUT2D eigenvalue weighted by molar-refractivity contribution is 9.10. The lowest BCUT2D eigenvalue weighted by Gasteiger charge is -2.06. The van der Waals surface area contributed by atoms with E-state index >= 15 is 0 Å². The molecule has 0 unspecified atom stereocenters. The smallest absolute Gasteiger partial charge is 0.357 e. The number of carbonyl (C=O) groups is 1. The second-order valence-electron chi connectivity index (χ2n) is 6.01. The molecule has 4 rings (SSSR count). The Morgan fingerprint density at radius 2 is 2.04 bits per heavy atom. The summed E-state index contributed by atoms with van der Waals surface area (Å²) < 4.78 is 1.71. The zero-order chi connectivity index (χ0) is 19.7. The Bertz CT molecular complexity index is 1190. The number of hydrogen-bond donors (Lipinski definition) is 2. The maximum Gasteiger partial charge on any atom is 0.357 e. The van der Waals surface area contributed by atoms with Crippen LogP contribution in [-0.2, 0) is 6.54 Å². The third-order valence-corrected chi connectivity index (χ3v) is 4.94. The molecule has 0 aliphatic carbocycles. The van der Waals surface area contributed by atoms with Crippen molar-refractivity contribution < 1.29 is 9.72 Å². The van der Waals surface area contributed by atoms with Gasteiger partial charge in [0.25, 0.3) is 5.91 Å². The number of hydrogen-bond acceptors (Lipinski definition) is 5. The molecule has 0 atom stereocenters. The number of nitro groups is 1. The summed E-state index contributed by atoms with van der Waals surface area (Å²) in [6.45, 7) is 0.537. The molecule has 0 aliphatic heterocycles. The van der Waals surface area contributed by atoms with Gasteiger partial charge in [-0.05, 0) is 37.2 Å². The van der Waals surface area contributed by atoms with Gasteiger partial charge < -0.3 is 15.4 Å². The lowest BCUT2D eigenvalue weighted by Crippen LogP contribution is -2.12. The molecule has 0 radical (unpaired) electrons. The van der Waals surface area contributed by atoms with Gasteiger partial charge in [-0.1, -0.05) is 47.6 Å². The van der Waals surface area contributed by atoms with Crippen LogP contribution in [0.15, 0.2) is 59.3 Å². The maximum absolute atomic E-state index is 12.3. The van der Waals surface area contributed by atoms with E-state index in [1.54, 1.807) is 10.9 Å². The van der Waals surface area contributed by atoms with Crippen LogP contribution in [0.5, 0.6) is 0 Å². The predicted octanol–water partition coefficient (Wildman–Crippen LogP) is 3.73. The number of benzene rings is 2. The van der Waals surface area contributed by atoms with Crippen LogP contribution < -0.4 is 5.32 Å². The molecule has 0 bridgehead atoms. The van der Waals surface area contributed by atoms with Crippen LogP contribution in [0.25, 0.3) is 10.8 Å². The fraction of sp³-hybridized carbons (Fsp3) is 0.0556. The van der Waals surface area contributed by atoms with Gasteiger partial charge in [0.1, 0.15) is 4.47 Å². The van der Waals surface area contributed by atoms with Gasteiger partial charge in [-0.25, -0.2) is 0 Å². The fourth-order valence-corrected chi connectivity index (χ4v) is 3.40. The van der Waals surface area contributed by atoms with Gasteiger partial charge in [0.15, 0.2) is 5.69 Å². The van der Waals surface area contributed by atoms with Crippen LogP contribution in [0.2, 0.25) is 0 Å². The minimum Gasteiger partial charge on any atom is -0.358 e. The SMILES string of the molecule is O=C(Nc1cnn(Cc2cccc3ccccc23)c1)c1n[nH]c([N+](=O)[O-])c1Br. The van der Waals surface area contributed by atoms with Crippen molar-refractivity contribution in [1.82, 2.24) is 20.0 Å². The maximum atomic E-state index is 12.3. The number of nitrogens with one attached hydrogen (secondary N) is 2. The van der Waals surface area contributed by atoms with Crippen molar-refractivity contribution >= 4 is 44.1 Å². The number of carbonyl (C=O) groups excluding carboxylic acids is 1. The Hall–Kier alpha value is -3.53. The third kappa shape index (κ3) is 3.37. The summed E-state index contributed by atoms with van der Waals surface area (Å²) in [6, 6.07) is 14.2. The summed E-state index contributed by atoms with van der Waals surface area (Å²) in [6.07, 6.45) is 3.20. The molecule has 2 N–H and O–H groups in total. The zero-order valence-electron chi connectivity index (χ0n) is 14.3. The third-order valence-electron chi connectivity index (χ3n) is 4.19. The highest BCUT2D eigenvalue weighted by atomic mass is 79.9. The van der Waals surface area contributed by atoms with Crippen molar-refractivity contribution in [2.24, 2.45) is 0 Å². The van der Waals surface area contributed by atoms with Gasteiger partial charge in [-0.2, -0.15) is 5.10 Å². The van der Waals surface area contributed by atoms with Gasteiger partial charge in [0, 0.05) is 6.20 Å². The first-order valence-corrected chi connectivity index (χ1v) is 9.01. The molecule has 4 aromatic rings. The molecule has 1 amide bonds. The summed E-state index contributed by atoms with van der Waals surface area (Å²) in [7, 11) is 0. The van der Waals surface area contributed by atoms with E-state index in [1.165, 1.54) is 6.20 Å². The minimum atomic E-state index is -0.657. The topological polar surface area (TPSA) is 119 Å². The van der Waals surface area contributed by atoms with Crippen LogP contribution >= 0.6 is 15.9 Å². The Kier molecular flexibility index (Phi) is 4.62. The number of aromatic amines is 1. The van der Waals surface area contributed by atoms with Crippen LogP contribution in [0, 0.1) is 10.1 Å². The van der Waals surface area contributed by atoms with E-state index in [4.69, 9.17) is 0 Å². The van der Waals surface area contributed by atoms with E-state index in [9.17, 15) is 14.9 Å². The molecular formula is C18H13BrN6O3. The van der Waals surface area contributed by atoms with Gasteiger partial charge >= 0.3 is 5.82 Å². The van der Waals surface area contributed by atoms with Gasteiger partial charge in [-0.15, -0.1) is 5.10 Å². The largest absolute Gasteiger partial charge is 0.358 e. The highest BCUT2D eigenvalue weighted by Gasteiger charge is 2.25. The van der Waals surface area contributed by atoms with Crippen LogP contribution in [0.4, 0.5) is 11.5 Å². The van der Waals surface area contributed by atoms with Crippen LogP contribution in [0.3, 0.4) is 0 Å². The second kappa shape index (κ2) is 7.24. The number of nitrogens with zero attached hydrogens (tertiary/aromatic N) is 4. The van der Waals surface area contributed by atoms with Crippen LogP contribution in [0.1, 0.15) is 16.1 Å². The van der Waals surface area contributed by atoms with E-state index in [2.05, 4.69) is 54.7 Å². The Balaban J connectivity index is 1.52. The molecule has 0 saturated carbocycles. The number of rotatable bonds is 5. The minimum absolute atomic E-state index is 0.00172. The van der Waals surface area contributed by atoms with Crippen molar-refractivity contribution in [1.29, 1.82) is 0 Å². The normalized spacial score (nSPS) is 10.9. The standard InChI is InChI=1S/C18H13BrN6O3/c19-15-16(22-23-17(15)25(27)28)18(26)21-13-8-20-24(10-13)9-12-6-3-5-11-4-1-2-7-14(11)12/h1-8,10H,9H2,(H,21,26)(H,22,23). The molecule has 0 fully saturated rings. The Morgan fingerprint density at radius 3 is 2.82 bits per heavy atom. The Morgan fingerprint density at radius 1 is 1.25 bits per heavy atom. The number of aromatic nitrogens is 4. The van der Waals surface area contributed by atoms with E-state index in [0.717, 1.165) is 16.3 Å². The number of anilines is 1. The number of amides is 1. The van der Waals surface area contributed by atoms with E-state index in [0.29, 0.717) is 12.2 Å². The van der Waals surface area contributed by atoms with Crippen molar-refractivity contribution in [2.45, 2.75) is 6.54 Å². The summed E-state index contributed by atoms with van der Waals surface area (Å²) in [5.74, 6) is -0.960. The second-order valence-corrected chi connectivity index (χ2v) is 6.80. The molecule has 140 valence electrons. The molecule has 0 saturated heterocycles. The Labute approximate surface area is 166 Å². The van der Waals surface area contributed by atoms with Crippen molar-refractivity contribution in [3.8, 4) is 0 Å². The fourth-order valence-electron chi connectivity index (χ4n) is 2.90. The molecule has 2 aromatic heterocycles. The molecule has 0 spiro atoms. The first kappa shape index (κ1) is 17.9. The van der Waals surface area contributed by atoms with Gasteiger partial charge in [0.05, 0.1) is 18.4 Å². The molecule has 0 aliphatic rings. The van der Waals surface area contributed by atoms with Crippen molar-refractivity contribution in [2.75, 3.05) is 5.32 Å². The summed E-state index contributed by atoms with van der Waals surface area (Å²) >= 11 is 3.02. The predicted molar refractivity (Wildman–Crippen MR) is 106 cm³/mol. The summed E-state index contributed by atoms with van der Waals surface area (Å²) in [5, 5.41) is 25.9. The van der Waals surface area contributed by atoms with E-state index < -0.39 is 10.8 Å². The summed E-state index contributed by atoms with van der Waals surface area (Å²) in [4.78, 5) is 22.5. The highest BCUT2D eigenvalue weighted by Crippen LogP contribution is 2.26. The molecule has 2 heterocycles. The molecule has 10 heteroatoms. The first-order chi connectivity index (χ1) is 13.5. The quantitative estimate of drug-likeness (QED) is 0.361. The summed E-state index contributed by atoms with van der Waals surface area (Å²) in [5.41, 5.74) is 1.46. The van der Waals surface area contributed by atoms with Crippen molar-refractivity contribution in [3.05, 3.63) is 80.7 Å². The van der Waals surface area contributed by atoms with Gasteiger partial charge in [0.2, 0.25) is 0 Å².